The van der Waals surface area contributed by atoms with Crippen LogP contribution in [0.1, 0.15) is 31.4 Å². The van der Waals surface area contributed by atoms with E-state index in [4.69, 9.17) is 23.2 Å². The highest BCUT2D eigenvalue weighted by atomic mass is 35.5. The molecule has 2 rings (SSSR count). The van der Waals surface area contributed by atoms with Crippen molar-refractivity contribution in [2.75, 3.05) is 12.3 Å². The Kier molecular flexibility index (Phi) is 9.95. The van der Waals surface area contributed by atoms with Crippen LogP contribution in [0.15, 0.2) is 42.5 Å². The molecule has 2 amide bonds. The third-order valence-electron chi connectivity index (χ3n) is 4.54. The van der Waals surface area contributed by atoms with Crippen LogP contribution in [-0.2, 0) is 21.9 Å². The lowest BCUT2D eigenvalue weighted by atomic mass is 10.1. The van der Waals surface area contributed by atoms with Gasteiger partial charge in [0.2, 0.25) is 11.8 Å². The minimum Gasteiger partial charge on any atom is -0.355 e. The van der Waals surface area contributed by atoms with Gasteiger partial charge in [-0.25, -0.2) is 4.39 Å². The topological polar surface area (TPSA) is 49.4 Å². The minimum atomic E-state index is -0.605. The van der Waals surface area contributed by atoms with Gasteiger partial charge in [-0.2, -0.15) is 0 Å². The van der Waals surface area contributed by atoms with E-state index >= 15 is 0 Å². The first-order chi connectivity index (χ1) is 14.4. The van der Waals surface area contributed by atoms with E-state index in [1.165, 1.54) is 23.9 Å². The molecule has 162 valence electrons. The normalized spacial score (nSPS) is 11.8. The van der Waals surface area contributed by atoms with Gasteiger partial charge in [-0.15, -0.1) is 11.8 Å². The fourth-order valence-electron chi connectivity index (χ4n) is 2.99. The Bertz CT molecular complexity index is 844. The number of nitrogens with zero attached hydrogens (tertiary/aromatic N) is 1. The Morgan fingerprint density at radius 1 is 1.10 bits per heavy atom. The molecule has 2 aromatic carbocycles. The van der Waals surface area contributed by atoms with Crippen molar-refractivity contribution in [2.45, 2.75) is 38.6 Å². The molecule has 0 aliphatic heterocycles. The molecule has 0 aromatic heterocycles. The lowest BCUT2D eigenvalue weighted by Crippen LogP contribution is -2.49. The third kappa shape index (κ3) is 6.89. The van der Waals surface area contributed by atoms with Gasteiger partial charge in [0.25, 0.3) is 0 Å². The Balaban J connectivity index is 2.14. The molecule has 0 saturated carbocycles. The summed E-state index contributed by atoms with van der Waals surface area (Å²) in [7, 11) is 0. The highest BCUT2D eigenvalue weighted by molar-refractivity contribution is 7.99. The monoisotopic (exact) mass is 470 g/mol. The maximum absolute atomic E-state index is 13.3. The first-order valence-corrected chi connectivity index (χ1v) is 11.6. The van der Waals surface area contributed by atoms with Gasteiger partial charge >= 0.3 is 0 Å². The zero-order valence-electron chi connectivity index (χ0n) is 17.0. The predicted molar refractivity (Wildman–Crippen MR) is 122 cm³/mol. The van der Waals surface area contributed by atoms with Gasteiger partial charge < -0.3 is 10.2 Å². The number of hydrogen-bond donors (Lipinski definition) is 1. The van der Waals surface area contributed by atoms with Gasteiger partial charge in [0, 0.05) is 28.9 Å². The van der Waals surface area contributed by atoms with Crippen molar-refractivity contribution in [1.82, 2.24) is 10.2 Å². The van der Waals surface area contributed by atoms with Crippen LogP contribution in [0.2, 0.25) is 10.0 Å². The van der Waals surface area contributed by atoms with Gasteiger partial charge in [-0.05, 0) is 48.7 Å². The summed E-state index contributed by atoms with van der Waals surface area (Å²) in [5.74, 6) is -0.0783. The zero-order valence-corrected chi connectivity index (χ0v) is 19.3. The Morgan fingerprint density at radius 2 is 1.73 bits per heavy atom. The summed E-state index contributed by atoms with van der Waals surface area (Å²) in [6.07, 6.45) is 0.472. The lowest BCUT2D eigenvalue weighted by Gasteiger charge is -2.30. The van der Waals surface area contributed by atoms with Crippen LogP contribution in [0.3, 0.4) is 0 Å². The van der Waals surface area contributed by atoms with Crippen LogP contribution in [-0.4, -0.2) is 35.1 Å². The molecular formula is C22H25Cl2FN2O2S. The van der Waals surface area contributed by atoms with Gasteiger partial charge in [0.15, 0.2) is 0 Å². The van der Waals surface area contributed by atoms with Crippen LogP contribution < -0.4 is 5.32 Å². The number of nitrogens with one attached hydrogen (secondary N) is 1. The fourth-order valence-corrected chi connectivity index (χ4v) is 4.64. The van der Waals surface area contributed by atoms with E-state index in [1.807, 2.05) is 13.8 Å². The molecule has 30 heavy (non-hydrogen) atoms. The van der Waals surface area contributed by atoms with Crippen LogP contribution >= 0.6 is 35.0 Å². The molecule has 1 atom stereocenters. The number of rotatable bonds is 10. The molecule has 0 aliphatic carbocycles. The summed E-state index contributed by atoms with van der Waals surface area (Å²) in [4.78, 5) is 27.2. The van der Waals surface area contributed by atoms with E-state index in [1.54, 1.807) is 35.2 Å². The average Bonchev–Trinajstić information content (AvgIpc) is 2.71. The molecule has 0 radical (unpaired) electrons. The van der Waals surface area contributed by atoms with Crippen molar-refractivity contribution in [3.05, 3.63) is 69.5 Å². The summed E-state index contributed by atoms with van der Waals surface area (Å²) >= 11 is 13.8. The van der Waals surface area contributed by atoms with E-state index in [9.17, 15) is 14.0 Å². The molecule has 0 bridgehead atoms. The highest BCUT2D eigenvalue weighted by Gasteiger charge is 2.28. The third-order valence-corrected chi connectivity index (χ3v) is 6.19. The summed E-state index contributed by atoms with van der Waals surface area (Å²) in [5, 5.41) is 3.90. The average molecular weight is 471 g/mol. The van der Waals surface area contributed by atoms with Gasteiger partial charge in [-0.1, -0.05) is 48.3 Å². The lowest BCUT2D eigenvalue weighted by molar-refractivity contribution is -0.139. The highest BCUT2D eigenvalue weighted by Crippen LogP contribution is 2.28. The molecule has 0 heterocycles. The zero-order chi connectivity index (χ0) is 22.1. The van der Waals surface area contributed by atoms with E-state index in [0.717, 1.165) is 11.1 Å². The second-order valence-electron chi connectivity index (χ2n) is 6.66. The Morgan fingerprint density at radius 3 is 2.30 bits per heavy atom. The van der Waals surface area contributed by atoms with E-state index in [0.29, 0.717) is 28.8 Å². The SMILES string of the molecule is CCNC(=O)C(CC)N(Cc1ccc(F)cc1)C(=O)CSCc1c(Cl)cccc1Cl. The molecule has 0 aliphatic rings. The summed E-state index contributed by atoms with van der Waals surface area (Å²) in [6.45, 7) is 4.40. The first kappa shape index (κ1) is 24.5. The van der Waals surface area contributed by atoms with Crippen molar-refractivity contribution in [2.24, 2.45) is 0 Å². The second-order valence-corrected chi connectivity index (χ2v) is 8.46. The summed E-state index contributed by atoms with van der Waals surface area (Å²) in [6, 6.07) is 10.6. The summed E-state index contributed by atoms with van der Waals surface area (Å²) < 4.78 is 13.3. The van der Waals surface area contributed by atoms with Crippen molar-refractivity contribution in [1.29, 1.82) is 0 Å². The van der Waals surface area contributed by atoms with Gasteiger partial charge in [0.05, 0.1) is 5.75 Å². The largest absolute Gasteiger partial charge is 0.355 e. The van der Waals surface area contributed by atoms with E-state index < -0.39 is 6.04 Å². The standard InChI is InChI=1S/C22H25Cl2FN2O2S/c1-3-20(22(29)26-4-2)27(12-15-8-10-16(25)11-9-15)21(28)14-30-13-17-18(23)6-5-7-19(17)24/h5-11,20H,3-4,12-14H2,1-2H3,(H,26,29). The van der Waals surface area contributed by atoms with Gasteiger partial charge in [0.1, 0.15) is 11.9 Å². The maximum atomic E-state index is 13.3. The first-order valence-electron chi connectivity index (χ1n) is 9.69. The van der Waals surface area contributed by atoms with E-state index in [2.05, 4.69) is 5.32 Å². The number of thioether (sulfide) groups is 1. The minimum absolute atomic E-state index is 0.165. The molecule has 0 spiro atoms. The predicted octanol–water partition coefficient (Wildman–Crippen LogP) is 5.31. The molecule has 1 unspecified atom stereocenters. The maximum Gasteiger partial charge on any atom is 0.242 e. The Hall–Kier alpha value is -1.76. The second kappa shape index (κ2) is 12.2. The number of amides is 2. The summed E-state index contributed by atoms with van der Waals surface area (Å²) in [5.41, 5.74) is 1.53. The number of carbonyl (C=O) groups excluding carboxylic acids is 2. The number of halogens is 3. The van der Waals surface area contributed by atoms with Gasteiger partial charge in [-0.3, -0.25) is 9.59 Å². The smallest absolute Gasteiger partial charge is 0.242 e. The molecule has 0 fully saturated rings. The number of carbonyl (C=O) groups is 2. The molecular weight excluding hydrogens is 446 g/mol. The van der Waals surface area contributed by atoms with Crippen molar-refractivity contribution >= 4 is 46.8 Å². The van der Waals surface area contributed by atoms with Crippen LogP contribution in [0.5, 0.6) is 0 Å². The molecule has 4 nitrogen and oxygen atoms in total. The number of hydrogen-bond acceptors (Lipinski definition) is 3. The number of benzene rings is 2. The fraction of sp³-hybridized carbons (Fsp3) is 0.364. The number of likely N-dealkylation sites (N-methyl/N-ethyl adjacent to an activating group) is 1. The molecule has 8 heteroatoms. The van der Waals surface area contributed by atoms with Crippen molar-refractivity contribution < 1.29 is 14.0 Å². The van der Waals surface area contributed by atoms with Crippen molar-refractivity contribution in [3.8, 4) is 0 Å². The van der Waals surface area contributed by atoms with Crippen LogP contribution in [0.25, 0.3) is 0 Å². The molecule has 2 aromatic rings. The van der Waals surface area contributed by atoms with Crippen LogP contribution in [0, 0.1) is 5.82 Å². The van der Waals surface area contributed by atoms with E-state index in [-0.39, 0.29) is 29.9 Å². The molecule has 0 saturated heterocycles. The van der Waals surface area contributed by atoms with Crippen molar-refractivity contribution in [3.63, 3.8) is 0 Å². The quantitative estimate of drug-likeness (QED) is 0.511. The molecule has 1 N–H and O–H groups in total. The Labute approximate surface area is 191 Å². The van der Waals surface area contributed by atoms with Crippen LogP contribution in [0.4, 0.5) is 4.39 Å².